The van der Waals surface area contributed by atoms with Crippen molar-refractivity contribution < 1.29 is 9.18 Å². The largest absolute Gasteiger partial charge is 0.354 e. The maximum Gasteiger partial charge on any atom is 0.225 e. The molecule has 1 aromatic carbocycles. The van der Waals surface area contributed by atoms with Crippen LogP contribution in [0.3, 0.4) is 0 Å². The number of unbranched alkanes of at least 4 members (excludes halogenated alkanes) is 1. The van der Waals surface area contributed by atoms with Crippen molar-refractivity contribution in [2.75, 3.05) is 37.6 Å². The lowest BCUT2D eigenvalue weighted by molar-refractivity contribution is -0.137. The zero-order valence-corrected chi connectivity index (χ0v) is 24.8. The third-order valence-corrected chi connectivity index (χ3v) is 7.78. The molecule has 1 aromatic heterocycles. The van der Waals surface area contributed by atoms with Gasteiger partial charge in [0.2, 0.25) is 5.91 Å². The Morgan fingerprint density at radius 1 is 1.03 bits per heavy atom. The monoisotopic (exact) mass is 527 g/mol. The molecule has 1 saturated heterocycles. The molecule has 0 aliphatic carbocycles. The molecule has 1 atom stereocenters. The first kappa shape index (κ1) is 30.1. The zero-order valence-electron chi connectivity index (χ0n) is 24.8. The van der Waals surface area contributed by atoms with Crippen molar-refractivity contribution in [3.05, 3.63) is 41.3 Å². The van der Waals surface area contributed by atoms with Crippen LogP contribution in [0.25, 0.3) is 5.69 Å². The minimum atomic E-state index is -0.254. The van der Waals surface area contributed by atoms with Crippen LogP contribution in [-0.4, -0.2) is 64.3 Å². The van der Waals surface area contributed by atoms with E-state index in [-0.39, 0.29) is 17.6 Å². The van der Waals surface area contributed by atoms with Crippen molar-refractivity contribution in [2.45, 2.75) is 93.2 Å². The first-order valence-electron chi connectivity index (χ1n) is 14.8. The summed E-state index contributed by atoms with van der Waals surface area (Å²) in [4.78, 5) is 20.9. The van der Waals surface area contributed by atoms with Crippen molar-refractivity contribution in [3.63, 3.8) is 0 Å². The molecule has 3 rings (SSSR count). The van der Waals surface area contributed by atoms with Gasteiger partial charge in [0, 0.05) is 50.2 Å². The lowest BCUT2D eigenvalue weighted by Gasteiger charge is -2.39. The van der Waals surface area contributed by atoms with Crippen molar-refractivity contribution in [2.24, 2.45) is 11.8 Å². The van der Waals surface area contributed by atoms with Crippen LogP contribution in [0.1, 0.15) is 85.4 Å². The van der Waals surface area contributed by atoms with Crippen molar-refractivity contribution >= 4 is 11.7 Å². The average molecular weight is 528 g/mol. The molecule has 6 nitrogen and oxygen atoms in total. The van der Waals surface area contributed by atoms with E-state index in [1.54, 1.807) is 12.1 Å². The van der Waals surface area contributed by atoms with Gasteiger partial charge in [-0.2, -0.15) is 5.10 Å². The predicted octanol–water partition coefficient (Wildman–Crippen LogP) is 6.31. The third kappa shape index (κ3) is 7.37. The number of carbonyl (C=O) groups excluding carboxylic acids is 1. The molecule has 1 fully saturated rings. The van der Waals surface area contributed by atoms with Gasteiger partial charge in [-0.05, 0) is 63.3 Å². The Balaban J connectivity index is 2.06. The highest BCUT2D eigenvalue weighted by Crippen LogP contribution is 2.32. The van der Waals surface area contributed by atoms with E-state index in [1.807, 2.05) is 4.68 Å². The van der Waals surface area contributed by atoms with Gasteiger partial charge in [-0.3, -0.25) is 9.69 Å². The molecule has 212 valence electrons. The van der Waals surface area contributed by atoms with Gasteiger partial charge in [-0.1, -0.05) is 47.5 Å². The molecular weight excluding hydrogens is 477 g/mol. The van der Waals surface area contributed by atoms with Crippen molar-refractivity contribution in [1.29, 1.82) is 0 Å². The highest BCUT2D eigenvalue weighted by molar-refractivity contribution is 5.79. The van der Waals surface area contributed by atoms with Crippen LogP contribution in [-0.2, 0) is 17.8 Å². The number of halogens is 1. The summed E-state index contributed by atoms with van der Waals surface area (Å²) in [5.41, 5.74) is 3.00. The molecule has 7 heteroatoms. The first-order chi connectivity index (χ1) is 18.2. The smallest absolute Gasteiger partial charge is 0.225 e. The van der Waals surface area contributed by atoms with Gasteiger partial charge in [0.25, 0.3) is 0 Å². The number of benzene rings is 1. The molecular formula is C31H50FN5O. The minimum Gasteiger partial charge on any atom is -0.354 e. The minimum absolute atomic E-state index is 0.0592. The highest BCUT2D eigenvalue weighted by atomic mass is 19.1. The van der Waals surface area contributed by atoms with E-state index in [9.17, 15) is 9.18 Å². The summed E-state index contributed by atoms with van der Waals surface area (Å²) in [7, 11) is 0. The third-order valence-electron chi connectivity index (χ3n) is 7.78. The van der Waals surface area contributed by atoms with Gasteiger partial charge in [0.05, 0.1) is 17.9 Å². The second-order valence-corrected chi connectivity index (χ2v) is 11.5. The van der Waals surface area contributed by atoms with Crippen LogP contribution in [0.5, 0.6) is 0 Å². The summed E-state index contributed by atoms with van der Waals surface area (Å²) in [6.45, 7) is 20.4. The first-order valence-corrected chi connectivity index (χ1v) is 14.8. The summed E-state index contributed by atoms with van der Waals surface area (Å²) >= 11 is 0. The van der Waals surface area contributed by atoms with Crippen LogP contribution >= 0.6 is 0 Å². The van der Waals surface area contributed by atoms with Crippen LogP contribution < -0.4 is 4.90 Å². The fourth-order valence-electron chi connectivity index (χ4n) is 5.54. The molecule has 0 N–H and O–H groups in total. The van der Waals surface area contributed by atoms with E-state index in [4.69, 9.17) is 5.10 Å². The summed E-state index contributed by atoms with van der Waals surface area (Å²) in [6, 6.07) is 7.11. The zero-order chi connectivity index (χ0) is 27.8. The number of rotatable bonds is 13. The molecule has 0 saturated carbocycles. The second kappa shape index (κ2) is 14.1. The van der Waals surface area contributed by atoms with E-state index >= 15 is 0 Å². The van der Waals surface area contributed by atoms with Gasteiger partial charge in [0.1, 0.15) is 11.6 Å². The average Bonchev–Trinajstić information content (AvgIpc) is 3.26. The number of aromatic nitrogens is 2. The molecule has 38 heavy (non-hydrogen) atoms. The van der Waals surface area contributed by atoms with E-state index in [0.717, 1.165) is 87.6 Å². The SMILES string of the molecule is CCCC[C@H](CC)C(=O)N(Cc1c(CC)nn(-c2ccc(F)cc2)c1N1CCN(C(C)C)CC1)CC(C)C. The van der Waals surface area contributed by atoms with E-state index < -0.39 is 0 Å². The number of nitrogens with zero attached hydrogens (tertiary/aromatic N) is 5. The van der Waals surface area contributed by atoms with Gasteiger partial charge in [-0.25, -0.2) is 9.07 Å². The number of hydrogen-bond donors (Lipinski definition) is 0. The lowest BCUT2D eigenvalue weighted by Crippen LogP contribution is -2.49. The Labute approximate surface area is 230 Å². The van der Waals surface area contributed by atoms with Crippen LogP contribution in [0.2, 0.25) is 0 Å². The summed E-state index contributed by atoms with van der Waals surface area (Å²) in [6.07, 6.45) is 4.77. The molecule has 1 aliphatic rings. The maximum absolute atomic E-state index is 13.9. The number of anilines is 1. The molecule has 0 bridgehead atoms. The topological polar surface area (TPSA) is 44.6 Å². The van der Waals surface area contributed by atoms with E-state index in [2.05, 4.69) is 63.2 Å². The summed E-state index contributed by atoms with van der Waals surface area (Å²) < 4.78 is 15.8. The highest BCUT2D eigenvalue weighted by Gasteiger charge is 2.30. The molecule has 0 radical (unpaired) electrons. The summed E-state index contributed by atoms with van der Waals surface area (Å²) in [5.74, 6) is 1.50. The maximum atomic E-state index is 13.9. The van der Waals surface area contributed by atoms with Gasteiger partial charge >= 0.3 is 0 Å². The lowest BCUT2D eigenvalue weighted by atomic mass is 9.96. The molecule has 2 aromatic rings. The van der Waals surface area contributed by atoms with Crippen LogP contribution in [0, 0.1) is 17.7 Å². The van der Waals surface area contributed by atoms with Crippen molar-refractivity contribution in [3.8, 4) is 5.69 Å². The Bertz CT molecular complexity index is 1010. The Morgan fingerprint density at radius 2 is 1.68 bits per heavy atom. The van der Waals surface area contributed by atoms with Crippen LogP contribution in [0.4, 0.5) is 10.2 Å². The number of carbonyl (C=O) groups is 1. The van der Waals surface area contributed by atoms with E-state index in [0.29, 0.717) is 18.5 Å². The van der Waals surface area contributed by atoms with Gasteiger partial charge in [-0.15, -0.1) is 0 Å². The summed E-state index contributed by atoms with van der Waals surface area (Å²) in [5, 5.41) is 5.07. The second-order valence-electron chi connectivity index (χ2n) is 11.5. The number of amides is 1. The van der Waals surface area contributed by atoms with Gasteiger partial charge in [0.15, 0.2) is 0 Å². The Hall–Kier alpha value is -2.41. The van der Waals surface area contributed by atoms with Gasteiger partial charge < -0.3 is 9.80 Å². The standard InChI is InChI=1S/C31H50FN5O/c1-8-11-12-25(9-2)31(38)36(21-23(4)5)22-28-29(10-3)33-37(27-15-13-26(32)14-16-27)30(28)35-19-17-34(18-20-35)24(6)7/h13-16,23-25H,8-12,17-22H2,1-7H3/t25-/m0/s1. The van der Waals surface area contributed by atoms with E-state index in [1.165, 1.54) is 12.1 Å². The number of piperazine rings is 1. The molecule has 2 heterocycles. The fraction of sp³-hybridized carbons (Fsp3) is 0.677. The Kier molecular flexibility index (Phi) is 11.2. The molecule has 1 amide bonds. The number of hydrogen-bond acceptors (Lipinski definition) is 4. The molecule has 0 spiro atoms. The normalized spacial score (nSPS) is 15.5. The quantitative estimate of drug-likeness (QED) is 0.306. The predicted molar refractivity (Wildman–Crippen MR) is 155 cm³/mol. The van der Waals surface area contributed by atoms with Crippen molar-refractivity contribution in [1.82, 2.24) is 19.6 Å². The number of aryl methyl sites for hydroxylation is 1. The molecule has 0 unspecified atom stereocenters. The molecule has 1 aliphatic heterocycles. The Morgan fingerprint density at radius 3 is 2.21 bits per heavy atom. The van der Waals surface area contributed by atoms with Crippen LogP contribution in [0.15, 0.2) is 24.3 Å². The fourth-order valence-corrected chi connectivity index (χ4v) is 5.54.